The Hall–Kier alpha value is -1.35. The van der Waals surface area contributed by atoms with Crippen LogP contribution in [0.5, 0.6) is 0 Å². The molecule has 15 heavy (non-hydrogen) atoms. The highest BCUT2D eigenvalue weighted by Crippen LogP contribution is 2.20. The number of para-hydroxylation sites is 1. The predicted molar refractivity (Wildman–Crippen MR) is 61.0 cm³/mol. The van der Waals surface area contributed by atoms with Crippen molar-refractivity contribution in [3.63, 3.8) is 0 Å². The zero-order valence-electron chi connectivity index (χ0n) is 9.23. The van der Waals surface area contributed by atoms with Crippen LogP contribution in [-0.4, -0.2) is 37.5 Å². The summed E-state index contributed by atoms with van der Waals surface area (Å²) in [6, 6.07) is 8.03. The number of piperazine rings is 1. The van der Waals surface area contributed by atoms with Crippen LogP contribution in [-0.2, 0) is 4.79 Å². The Balaban J connectivity index is 2.24. The van der Waals surface area contributed by atoms with E-state index in [1.165, 1.54) is 0 Å². The smallest absolute Gasteiger partial charge is 0.241 e. The first-order valence-corrected chi connectivity index (χ1v) is 5.23. The molecular weight excluding hydrogens is 188 g/mol. The summed E-state index contributed by atoms with van der Waals surface area (Å²) >= 11 is 0. The van der Waals surface area contributed by atoms with Crippen LogP contribution in [0.15, 0.2) is 24.3 Å². The first-order chi connectivity index (χ1) is 7.18. The highest BCUT2D eigenvalue weighted by atomic mass is 16.2. The number of aryl methyl sites for hydroxylation is 1. The Morgan fingerprint density at radius 2 is 1.93 bits per heavy atom. The van der Waals surface area contributed by atoms with Crippen molar-refractivity contribution >= 4 is 11.6 Å². The first-order valence-electron chi connectivity index (χ1n) is 5.23. The molecule has 2 rings (SSSR count). The third-order valence-corrected chi connectivity index (χ3v) is 2.82. The lowest BCUT2D eigenvalue weighted by molar-refractivity contribution is -0.120. The second-order valence-electron chi connectivity index (χ2n) is 4.07. The molecule has 0 aromatic heterocycles. The van der Waals surface area contributed by atoms with E-state index in [0.29, 0.717) is 6.54 Å². The van der Waals surface area contributed by atoms with E-state index >= 15 is 0 Å². The maximum Gasteiger partial charge on any atom is 0.241 e. The van der Waals surface area contributed by atoms with Crippen LogP contribution in [0.3, 0.4) is 0 Å². The normalized spacial score (nSPS) is 18.3. The molecule has 1 aliphatic heterocycles. The lowest BCUT2D eigenvalue weighted by Crippen LogP contribution is -2.49. The van der Waals surface area contributed by atoms with E-state index in [4.69, 9.17) is 0 Å². The molecule has 0 aliphatic carbocycles. The van der Waals surface area contributed by atoms with Gasteiger partial charge in [0.1, 0.15) is 0 Å². The quantitative estimate of drug-likeness (QED) is 0.688. The predicted octanol–water partition coefficient (Wildman–Crippen LogP) is 1.27. The van der Waals surface area contributed by atoms with E-state index in [0.717, 1.165) is 24.3 Å². The van der Waals surface area contributed by atoms with E-state index in [1.807, 2.05) is 43.1 Å². The van der Waals surface area contributed by atoms with Gasteiger partial charge in [0.25, 0.3) is 0 Å². The second kappa shape index (κ2) is 4.03. The van der Waals surface area contributed by atoms with Crippen molar-refractivity contribution in [2.75, 3.05) is 31.6 Å². The van der Waals surface area contributed by atoms with Crippen LogP contribution in [0, 0.1) is 6.92 Å². The fourth-order valence-electron chi connectivity index (χ4n) is 1.91. The summed E-state index contributed by atoms with van der Waals surface area (Å²) in [6.45, 7) is 4.30. The summed E-state index contributed by atoms with van der Waals surface area (Å²) in [5.41, 5.74) is 2.21. The standard InChI is InChI=1S/C12H16N2O/c1-10-5-3-4-6-11(10)14-8-7-13(2)9-12(14)15/h3-6H,7-9H2,1-2H3. The van der Waals surface area contributed by atoms with Crippen molar-refractivity contribution in [2.24, 2.45) is 0 Å². The Bertz CT molecular complexity index is 376. The molecule has 1 saturated heterocycles. The van der Waals surface area contributed by atoms with Crippen LogP contribution in [0.25, 0.3) is 0 Å². The molecule has 1 aromatic carbocycles. The number of nitrogens with zero attached hydrogens (tertiary/aromatic N) is 2. The molecule has 1 aliphatic rings. The van der Waals surface area contributed by atoms with E-state index < -0.39 is 0 Å². The van der Waals surface area contributed by atoms with Gasteiger partial charge < -0.3 is 4.90 Å². The third-order valence-electron chi connectivity index (χ3n) is 2.82. The summed E-state index contributed by atoms with van der Waals surface area (Å²) in [7, 11) is 1.98. The van der Waals surface area contributed by atoms with Gasteiger partial charge in [0, 0.05) is 18.8 Å². The minimum atomic E-state index is 0.193. The van der Waals surface area contributed by atoms with Crippen LogP contribution < -0.4 is 4.90 Å². The van der Waals surface area contributed by atoms with Gasteiger partial charge in [-0.05, 0) is 25.6 Å². The molecule has 0 spiro atoms. The number of carbonyl (C=O) groups is 1. The monoisotopic (exact) mass is 204 g/mol. The van der Waals surface area contributed by atoms with Crippen LogP contribution >= 0.6 is 0 Å². The van der Waals surface area contributed by atoms with E-state index in [2.05, 4.69) is 4.90 Å². The van der Waals surface area contributed by atoms with E-state index in [9.17, 15) is 4.79 Å². The van der Waals surface area contributed by atoms with Crippen molar-refractivity contribution in [1.82, 2.24) is 4.90 Å². The van der Waals surface area contributed by atoms with Crippen LogP contribution in [0.2, 0.25) is 0 Å². The number of amides is 1. The van der Waals surface area contributed by atoms with Gasteiger partial charge in [-0.2, -0.15) is 0 Å². The molecule has 3 heteroatoms. The lowest BCUT2D eigenvalue weighted by atomic mass is 10.1. The van der Waals surface area contributed by atoms with Crippen molar-refractivity contribution in [3.05, 3.63) is 29.8 Å². The first kappa shape index (κ1) is 10.2. The SMILES string of the molecule is Cc1ccccc1N1CCN(C)CC1=O. The number of hydrogen-bond acceptors (Lipinski definition) is 2. The van der Waals surface area contributed by atoms with Gasteiger partial charge in [-0.15, -0.1) is 0 Å². The van der Waals surface area contributed by atoms with Crippen molar-refractivity contribution < 1.29 is 4.79 Å². The van der Waals surface area contributed by atoms with Gasteiger partial charge in [-0.1, -0.05) is 18.2 Å². The Morgan fingerprint density at radius 3 is 2.60 bits per heavy atom. The van der Waals surface area contributed by atoms with Crippen molar-refractivity contribution in [2.45, 2.75) is 6.92 Å². The fraction of sp³-hybridized carbons (Fsp3) is 0.417. The topological polar surface area (TPSA) is 23.6 Å². The summed E-state index contributed by atoms with van der Waals surface area (Å²) < 4.78 is 0. The number of likely N-dealkylation sites (N-methyl/N-ethyl adjacent to an activating group) is 1. The lowest BCUT2D eigenvalue weighted by Gasteiger charge is -2.32. The highest BCUT2D eigenvalue weighted by Gasteiger charge is 2.23. The molecule has 0 radical (unpaired) electrons. The van der Waals surface area contributed by atoms with Crippen LogP contribution in [0.4, 0.5) is 5.69 Å². The Labute approximate surface area is 90.3 Å². The average Bonchev–Trinajstić information content (AvgIpc) is 2.20. The van der Waals surface area contributed by atoms with Crippen LogP contribution in [0.1, 0.15) is 5.56 Å². The van der Waals surface area contributed by atoms with Crippen molar-refractivity contribution in [3.8, 4) is 0 Å². The molecule has 0 N–H and O–H groups in total. The molecule has 0 bridgehead atoms. The van der Waals surface area contributed by atoms with Gasteiger partial charge >= 0.3 is 0 Å². The number of rotatable bonds is 1. The molecule has 1 heterocycles. The zero-order valence-corrected chi connectivity index (χ0v) is 9.23. The summed E-state index contributed by atoms with van der Waals surface area (Å²) in [4.78, 5) is 15.8. The molecule has 1 amide bonds. The Kier molecular flexibility index (Phi) is 2.73. The minimum Gasteiger partial charge on any atom is -0.310 e. The van der Waals surface area contributed by atoms with Gasteiger partial charge in [0.2, 0.25) is 5.91 Å². The molecule has 0 unspecified atom stereocenters. The summed E-state index contributed by atoms with van der Waals surface area (Å²) in [5, 5.41) is 0. The molecular formula is C12H16N2O. The molecule has 1 aromatic rings. The average molecular weight is 204 g/mol. The number of benzene rings is 1. The van der Waals surface area contributed by atoms with Gasteiger partial charge in [0.15, 0.2) is 0 Å². The highest BCUT2D eigenvalue weighted by molar-refractivity contribution is 5.96. The van der Waals surface area contributed by atoms with Gasteiger partial charge in [-0.25, -0.2) is 0 Å². The summed E-state index contributed by atoms with van der Waals surface area (Å²) in [5.74, 6) is 0.193. The maximum absolute atomic E-state index is 11.8. The largest absolute Gasteiger partial charge is 0.310 e. The van der Waals surface area contributed by atoms with Gasteiger partial charge in [0.05, 0.1) is 6.54 Å². The maximum atomic E-state index is 11.8. The number of carbonyl (C=O) groups excluding carboxylic acids is 1. The molecule has 0 atom stereocenters. The Morgan fingerprint density at radius 1 is 1.20 bits per heavy atom. The molecule has 0 saturated carbocycles. The molecule has 1 fully saturated rings. The molecule has 80 valence electrons. The summed E-state index contributed by atoms with van der Waals surface area (Å²) in [6.07, 6.45) is 0. The second-order valence-corrected chi connectivity index (χ2v) is 4.07. The van der Waals surface area contributed by atoms with E-state index in [1.54, 1.807) is 0 Å². The zero-order chi connectivity index (χ0) is 10.8. The van der Waals surface area contributed by atoms with Crippen molar-refractivity contribution in [1.29, 1.82) is 0 Å². The fourth-order valence-corrected chi connectivity index (χ4v) is 1.91. The number of hydrogen-bond donors (Lipinski definition) is 0. The van der Waals surface area contributed by atoms with E-state index in [-0.39, 0.29) is 5.91 Å². The third kappa shape index (κ3) is 2.02. The minimum absolute atomic E-state index is 0.193. The number of anilines is 1. The van der Waals surface area contributed by atoms with Gasteiger partial charge in [-0.3, -0.25) is 9.69 Å². The molecule has 3 nitrogen and oxygen atoms in total.